The quantitative estimate of drug-likeness (QED) is 0.523. The van der Waals surface area contributed by atoms with Gasteiger partial charge >= 0.3 is 0 Å². The van der Waals surface area contributed by atoms with Crippen LogP contribution in [0.5, 0.6) is 11.5 Å². The molecule has 2 heterocycles. The van der Waals surface area contributed by atoms with Crippen LogP contribution in [0.25, 0.3) is 0 Å². The van der Waals surface area contributed by atoms with Crippen molar-refractivity contribution in [3.05, 3.63) is 35.4 Å². The van der Waals surface area contributed by atoms with Gasteiger partial charge in [0.1, 0.15) is 5.82 Å². The Hall–Kier alpha value is -2.77. The Morgan fingerprint density at radius 3 is 2.61 bits per heavy atom. The van der Waals surface area contributed by atoms with E-state index >= 15 is 0 Å². The second kappa shape index (κ2) is 9.58. The summed E-state index contributed by atoms with van der Waals surface area (Å²) in [6.45, 7) is 2.45. The second-order valence-corrected chi connectivity index (χ2v) is 8.48. The molecule has 0 radical (unpaired) electrons. The molecule has 0 unspecified atom stereocenters. The van der Waals surface area contributed by atoms with Gasteiger partial charge in [0.05, 0.1) is 20.8 Å². The van der Waals surface area contributed by atoms with Gasteiger partial charge in [0, 0.05) is 32.0 Å². The predicted molar refractivity (Wildman–Crippen MR) is 121 cm³/mol. The number of methoxy groups -OCH3 is 2. The Bertz CT molecular complexity index is 917. The van der Waals surface area contributed by atoms with Crippen LogP contribution in [0.1, 0.15) is 55.7 Å². The van der Waals surface area contributed by atoms with Gasteiger partial charge in [0.2, 0.25) is 0 Å². The summed E-state index contributed by atoms with van der Waals surface area (Å²) >= 11 is 0. The smallest absolute Gasteiger partial charge is 0.191 e. The molecule has 8 heteroatoms. The van der Waals surface area contributed by atoms with Gasteiger partial charge in [-0.25, -0.2) is 0 Å². The van der Waals surface area contributed by atoms with Crippen molar-refractivity contribution in [1.82, 2.24) is 25.4 Å². The average Bonchev–Trinajstić information content (AvgIpc) is 3.44. The Balaban J connectivity index is 1.46. The van der Waals surface area contributed by atoms with E-state index in [0.717, 1.165) is 67.9 Å². The number of rotatable bonds is 7. The number of nitrogens with one attached hydrogen (secondary N) is 2. The third-order valence-electron chi connectivity index (χ3n) is 6.72. The molecule has 1 aliphatic carbocycles. The highest BCUT2D eigenvalue weighted by atomic mass is 16.5. The molecule has 168 valence electrons. The number of hydrogen-bond acceptors (Lipinski definition) is 5. The van der Waals surface area contributed by atoms with Crippen molar-refractivity contribution in [1.29, 1.82) is 0 Å². The van der Waals surface area contributed by atoms with E-state index in [0.29, 0.717) is 6.54 Å². The number of aliphatic imine (C=N–C) groups is 1. The molecule has 1 aliphatic heterocycles. The molecule has 4 rings (SSSR count). The first kappa shape index (κ1) is 21.5. The average molecular weight is 427 g/mol. The van der Waals surface area contributed by atoms with Crippen LogP contribution in [0.4, 0.5) is 0 Å². The lowest BCUT2D eigenvalue weighted by atomic mass is 9.69. The molecule has 31 heavy (non-hydrogen) atoms. The van der Waals surface area contributed by atoms with E-state index in [1.54, 1.807) is 14.2 Å². The van der Waals surface area contributed by atoms with Crippen LogP contribution in [-0.2, 0) is 24.9 Å². The first-order valence-electron chi connectivity index (χ1n) is 11.3. The molecule has 0 spiro atoms. The van der Waals surface area contributed by atoms with Crippen LogP contribution in [-0.4, -0.2) is 48.5 Å². The standard InChI is InChI=1S/C23H34N6O2/c1-24-22(25-15-21-28-27-20-8-7-13-29(20)21)26-16-23(11-5-4-6-12-23)17-9-10-18(30-2)19(14-17)31-3/h9-10,14H,4-8,11-13,15-16H2,1-3H3,(H2,24,25,26). The summed E-state index contributed by atoms with van der Waals surface area (Å²) in [7, 11) is 5.18. The van der Waals surface area contributed by atoms with E-state index in [9.17, 15) is 0 Å². The summed E-state index contributed by atoms with van der Waals surface area (Å²) < 4.78 is 13.2. The molecule has 2 N–H and O–H groups in total. The summed E-state index contributed by atoms with van der Waals surface area (Å²) in [4.78, 5) is 4.44. The molecule has 2 aromatic rings. The molecule has 2 aliphatic rings. The third kappa shape index (κ3) is 4.48. The maximum absolute atomic E-state index is 5.58. The highest BCUT2D eigenvalue weighted by Crippen LogP contribution is 2.42. The third-order valence-corrected chi connectivity index (χ3v) is 6.72. The largest absolute Gasteiger partial charge is 0.493 e. The highest BCUT2D eigenvalue weighted by molar-refractivity contribution is 5.79. The van der Waals surface area contributed by atoms with Crippen molar-refractivity contribution in [2.45, 2.75) is 63.5 Å². The number of aryl methyl sites for hydroxylation is 1. The Labute approximate surface area is 184 Å². The minimum Gasteiger partial charge on any atom is -0.493 e. The summed E-state index contributed by atoms with van der Waals surface area (Å²) in [5.74, 6) is 4.41. The van der Waals surface area contributed by atoms with Gasteiger partial charge < -0.3 is 24.7 Å². The zero-order chi connectivity index (χ0) is 21.7. The van der Waals surface area contributed by atoms with E-state index in [-0.39, 0.29) is 5.41 Å². The highest BCUT2D eigenvalue weighted by Gasteiger charge is 2.35. The van der Waals surface area contributed by atoms with E-state index in [4.69, 9.17) is 9.47 Å². The monoisotopic (exact) mass is 426 g/mol. The van der Waals surface area contributed by atoms with E-state index in [1.165, 1.54) is 24.8 Å². The van der Waals surface area contributed by atoms with E-state index in [2.05, 4.69) is 42.5 Å². The minimum absolute atomic E-state index is 0.0472. The molecular weight excluding hydrogens is 392 g/mol. The van der Waals surface area contributed by atoms with Gasteiger partial charge in [-0.3, -0.25) is 4.99 Å². The molecule has 1 aromatic carbocycles. The molecule has 0 bridgehead atoms. The first-order valence-corrected chi connectivity index (χ1v) is 11.3. The van der Waals surface area contributed by atoms with Crippen molar-refractivity contribution in [2.24, 2.45) is 4.99 Å². The van der Waals surface area contributed by atoms with Crippen LogP contribution in [0.15, 0.2) is 23.2 Å². The molecule has 0 atom stereocenters. The lowest BCUT2D eigenvalue weighted by Crippen LogP contribution is -2.46. The zero-order valence-electron chi connectivity index (χ0n) is 18.9. The summed E-state index contributed by atoms with van der Waals surface area (Å²) in [5, 5.41) is 15.6. The van der Waals surface area contributed by atoms with Gasteiger partial charge in [-0.05, 0) is 37.0 Å². The Morgan fingerprint density at radius 2 is 1.87 bits per heavy atom. The van der Waals surface area contributed by atoms with E-state index < -0.39 is 0 Å². The number of benzene rings is 1. The maximum atomic E-state index is 5.58. The molecule has 1 saturated carbocycles. The van der Waals surface area contributed by atoms with E-state index in [1.807, 2.05) is 13.1 Å². The fourth-order valence-electron chi connectivity index (χ4n) is 4.94. The van der Waals surface area contributed by atoms with Gasteiger partial charge in [-0.15, -0.1) is 10.2 Å². The number of ether oxygens (including phenoxy) is 2. The summed E-state index contributed by atoms with van der Waals surface area (Å²) in [5.41, 5.74) is 1.34. The van der Waals surface area contributed by atoms with Crippen molar-refractivity contribution in [3.8, 4) is 11.5 Å². The van der Waals surface area contributed by atoms with Crippen LogP contribution in [0.2, 0.25) is 0 Å². The van der Waals surface area contributed by atoms with Crippen molar-refractivity contribution in [2.75, 3.05) is 27.8 Å². The number of guanidine groups is 1. The van der Waals surface area contributed by atoms with Crippen LogP contribution < -0.4 is 20.1 Å². The number of nitrogens with zero attached hydrogens (tertiary/aromatic N) is 4. The van der Waals surface area contributed by atoms with Gasteiger partial charge in [0.25, 0.3) is 0 Å². The molecular formula is C23H34N6O2. The Morgan fingerprint density at radius 1 is 1.06 bits per heavy atom. The fraction of sp³-hybridized carbons (Fsp3) is 0.609. The van der Waals surface area contributed by atoms with Crippen LogP contribution >= 0.6 is 0 Å². The second-order valence-electron chi connectivity index (χ2n) is 8.48. The SMILES string of the molecule is CN=C(NCc1nnc2n1CCC2)NCC1(c2ccc(OC)c(OC)c2)CCCCC1. The lowest BCUT2D eigenvalue weighted by Gasteiger charge is -2.38. The van der Waals surface area contributed by atoms with Gasteiger partial charge in [0.15, 0.2) is 23.3 Å². The normalized spacial score (nSPS) is 17.8. The lowest BCUT2D eigenvalue weighted by molar-refractivity contribution is 0.288. The summed E-state index contributed by atoms with van der Waals surface area (Å²) in [6, 6.07) is 6.34. The number of hydrogen-bond donors (Lipinski definition) is 2. The Kier molecular flexibility index (Phi) is 6.63. The van der Waals surface area contributed by atoms with Crippen molar-refractivity contribution < 1.29 is 9.47 Å². The predicted octanol–water partition coefficient (Wildman–Crippen LogP) is 2.81. The molecule has 1 aromatic heterocycles. The first-order chi connectivity index (χ1) is 15.2. The van der Waals surface area contributed by atoms with Gasteiger partial charge in [-0.2, -0.15) is 0 Å². The molecule has 8 nitrogen and oxygen atoms in total. The van der Waals surface area contributed by atoms with Crippen molar-refractivity contribution >= 4 is 5.96 Å². The number of aromatic nitrogens is 3. The van der Waals surface area contributed by atoms with Crippen molar-refractivity contribution in [3.63, 3.8) is 0 Å². The molecule has 1 fully saturated rings. The zero-order valence-corrected chi connectivity index (χ0v) is 18.9. The maximum Gasteiger partial charge on any atom is 0.191 e. The molecule has 0 amide bonds. The van der Waals surface area contributed by atoms with Gasteiger partial charge in [-0.1, -0.05) is 25.3 Å². The minimum atomic E-state index is 0.0472. The number of fused-ring (bicyclic) bond motifs is 1. The topological polar surface area (TPSA) is 85.6 Å². The fourth-order valence-corrected chi connectivity index (χ4v) is 4.94. The van der Waals surface area contributed by atoms with Crippen LogP contribution in [0, 0.1) is 0 Å². The van der Waals surface area contributed by atoms with Crippen LogP contribution in [0.3, 0.4) is 0 Å². The molecule has 0 saturated heterocycles. The summed E-state index contributed by atoms with van der Waals surface area (Å²) in [6.07, 6.45) is 8.21.